The molecule has 0 amide bonds. The summed E-state index contributed by atoms with van der Waals surface area (Å²) in [6, 6.07) is 15.6. The van der Waals surface area contributed by atoms with Gasteiger partial charge in [0.2, 0.25) is 0 Å². The predicted octanol–water partition coefficient (Wildman–Crippen LogP) is 4.49. The lowest BCUT2D eigenvalue weighted by atomic mass is 9.97. The zero-order valence-corrected chi connectivity index (χ0v) is 13.8. The number of benzene rings is 2. The van der Waals surface area contributed by atoms with Gasteiger partial charge in [0.1, 0.15) is 12.4 Å². The minimum absolute atomic E-state index is 0.272. The van der Waals surface area contributed by atoms with E-state index in [1.54, 1.807) is 7.11 Å². The fraction of sp³-hybridized carbons (Fsp3) is 0.300. The molecule has 0 aromatic heterocycles. The summed E-state index contributed by atoms with van der Waals surface area (Å²) in [6.07, 6.45) is 2.92. The molecule has 1 saturated carbocycles. The van der Waals surface area contributed by atoms with Crippen LogP contribution in [-0.4, -0.2) is 18.6 Å². The van der Waals surface area contributed by atoms with Crippen molar-refractivity contribution in [2.75, 3.05) is 7.11 Å². The van der Waals surface area contributed by atoms with Crippen LogP contribution >= 0.6 is 0 Å². The van der Waals surface area contributed by atoms with Crippen molar-refractivity contribution in [2.24, 2.45) is 4.99 Å². The van der Waals surface area contributed by atoms with Crippen molar-refractivity contribution in [2.45, 2.75) is 32.3 Å². The van der Waals surface area contributed by atoms with Crippen LogP contribution in [0.15, 0.2) is 53.5 Å². The van der Waals surface area contributed by atoms with Crippen molar-refractivity contribution in [3.63, 3.8) is 0 Å². The van der Waals surface area contributed by atoms with Gasteiger partial charge in [-0.05, 0) is 30.5 Å². The average Bonchev–Trinajstić information content (AvgIpc) is 2.61. The molecule has 1 fully saturated rings. The Hall–Kier alpha value is -2.62. The smallest absolute Gasteiger partial charge is 0.163 e. The fourth-order valence-electron chi connectivity index (χ4n) is 2.76. The number of Topliss-reactive ketones (excluding diaryl/α,β-unsaturated/α-hetero) is 1. The second kappa shape index (κ2) is 7.77. The zero-order chi connectivity index (χ0) is 16.8. The maximum atomic E-state index is 11.6. The largest absolute Gasteiger partial charge is 0.493 e. The van der Waals surface area contributed by atoms with E-state index in [-0.39, 0.29) is 5.78 Å². The topological polar surface area (TPSA) is 47.9 Å². The second-order valence-corrected chi connectivity index (χ2v) is 5.86. The maximum Gasteiger partial charge on any atom is 0.163 e. The number of carbonyl (C=O) groups is 1. The number of hydrogen-bond donors (Lipinski definition) is 0. The minimum atomic E-state index is 0.272. The van der Waals surface area contributed by atoms with E-state index in [1.165, 1.54) is 0 Å². The number of carbonyl (C=O) groups excluding carboxylic acids is 1. The predicted molar refractivity (Wildman–Crippen MR) is 94.3 cm³/mol. The molecule has 4 nitrogen and oxygen atoms in total. The van der Waals surface area contributed by atoms with Crippen LogP contribution in [0.25, 0.3) is 0 Å². The first-order chi connectivity index (χ1) is 11.7. The fourth-order valence-corrected chi connectivity index (χ4v) is 2.76. The molecule has 2 aromatic rings. The summed E-state index contributed by atoms with van der Waals surface area (Å²) < 4.78 is 11.3. The van der Waals surface area contributed by atoms with Crippen molar-refractivity contribution in [3.05, 3.63) is 54.1 Å². The Kier molecular flexibility index (Phi) is 5.26. The Labute approximate surface area is 142 Å². The molecule has 0 N–H and O–H groups in total. The van der Waals surface area contributed by atoms with E-state index < -0.39 is 0 Å². The van der Waals surface area contributed by atoms with Gasteiger partial charge in [-0.15, -0.1) is 0 Å². The number of ether oxygens (including phenoxy) is 2. The van der Waals surface area contributed by atoms with Crippen LogP contribution in [0.1, 0.15) is 31.2 Å². The zero-order valence-electron chi connectivity index (χ0n) is 13.8. The summed E-state index contributed by atoms with van der Waals surface area (Å²) in [5, 5.41) is 0. The summed E-state index contributed by atoms with van der Waals surface area (Å²) in [5.74, 6) is 1.61. The van der Waals surface area contributed by atoms with Gasteiger partial charge in [0.25, 0.3) is 0 Å². The van der Waals surface area contributed by atoms with Crippen LogP contribution in [0, 0.1) is 0 Å². The molecule has 1 aliphatic rings. The SMILES string of the molecule is COc1ccc(N=C2CCCC(=O)C2)cc1OCc1ccccc1. The first kappa shape index (κ1) is 16.2. The molecule has 0 aliphatic heterocycles. The highest BCUT2D eigenvalue weighted by Gasteiger charge is 2.15. The van der Waals surface area contributed by atoms with Crippen LogP contribution in [-0.2, 0) is 11.4 Å². The van der Waals surface area contributed by atoms with E-state index in [4.69, 9.17) is 9.47 Å². The monoisotopic (exact) mass is 323 g/mol. The molecule has 0 bridgehead atoms. The number of hydrogen-bond acceptors (Lipinski definition) is 4. The first-order valence-electron chi connectivity index (χ1n) is 8.17. The number of rotatable bonds is 5. The Morgan fingerprint density at radius 2 is 1.88 bits per heavy atom. The van der Waals surface area contributed by atoms with E-state index in [0.717, 1.165) is 29.8 Å². The van der Waals surface area contributed by atoms with E-state index in [0.29, 0.717) is 30.9 Å². The second-order valence-electron chi connectivity index (χ2n) is 5.86. The lowest BCUT2D eigenvalue weighted by Gasteiger charge is -2.13. The third-order valence-corrected chi connectivity index (χ3v) is 3.99. The van der Waals surface area contributed by atoms with Gasteiger partial charge in [0, 0.05) is 24.6 Å². The van der Waals surface area contributed by atoms with Crippen LogP contribution in [0.5, 0.6) is 11.5 Å². The van der Waals surface area contributed by atoms with Crippen molar-refractivity contribution < 1.29 is 14.3 Å². The van der Waals surface area contributed by atoms with Crippen molar-refractivity contribution in [1.29, 1.82) is 0 Å². The Morgan fingerprint density at radius 3 is 2.62 bits per heavy atom. The third kappa shape index (κ3) is 4.22. The molecule has 24 heavy (non-hydrogen) atoms. The lowest BCUT2D eigenvalue weighted by Crippen LogP contribution is -2.13. The van der Waals surface area contributed by atoms with Crippen molar-refractivity contribution in [3.8, 4) is 11.5 Å². The highest BCUT2D eigenvalue weighted by molar-refractivity contribution is 6.04. The Balaban J connectivity index is 1.77. The summed E-state index contributed by atoms with van der Waals surface area (Å²) in [4.78, 5) is 16.2. The molecule has 0 saturated heterocycles. The molecule has 1 aliphatic carbocycles. The molecular weight excluding hydrogens is 302 g/mol. The molecule has 2 aromatic carbocycles. The molecule has 3 rings (SSSR count). The minimum Gasteiger partial charge on any atom is -0.493 e. The van der Waals surface area contributed by atoms with E-state index in [1.807, 2.05) is 48.5 Å². The molecule has 0 radical (unpaired) electrons. The molecule has 0 heterocycles. The first-order valence-corrected chi connectivity index (χ1v) is 8.17. The van der Waals surface area contributed by atoms with Gasteiger partial charge >= 0.3 is 0 Å². The molecule has 4 heteroatoms. The molecule has 124 valence electrons. The van der Waals surface area contributed by atoms with Gasteiger partial charge in [-0.25, -0.2) is 0 Å². The standard InChI is InChI=1S/C20H21NO3/c1-23-19-11-10-17(21-16-8-5-9-18(22)12-16)13-20(19)24-14-15-6-3-2-4-7-15/h2-4,6-7,10-11,13H,5,8-9,12,14H2,1H3. The van der Waals surface area contributed by atoms with E-state index in [9.17, 15) is 4.79 Å². The highest BCUT2D eigenvalue weighted by atomic mass is 16.5. The number of methoxy groups -OCH3 is 1. The van der Waals surface area contributed by atoms with E-state index >= 15 is 0 Å². The van der Waals surface area contributed by atoms with Gasteiger partial charge < -0.3 is 9.47 Å². The summed E-state index contributed by atoms with van der Waals surface area (Å²) in [6.45, 7) is 0.468. The highest BCUT2D eigenvalue weighted by Crippen LogP contribution is 2.32. The average molecular weight is 323 g/mol. The molecule has 0 unspecified atom stereocenters. The Bertz CT molecular complexity index is 738. The molecule has 0 atom stereocenters. The third-order valence-electron chi connectivity index (χ3n) is 3.99. The number of ketones is 1. The van der Waals surface area contributed by atoms with E-state index in [2.05, 4.69) is 4.99 Å². The summed E-state index contributed by atoms with van der Waals surface area (Å²) in [5.41, 5.74) is 2.84. The lowest BCUT2D eigenvalue weighted by molar-refractivity contribution is -0.118. The van der Waals surface area contributed by atoms with Crippen molar-refractivity contribution >= 4 is 17.2 Å². The van der Waals surface area contributed by atoms with Crippen LogP contribution < -0.4 is 9.47 Å². The molecular formula is C20H21NO3. The summed E-state index contributed by atoms with van der Waals surface area (Å²) in [7, 11) is 1.62. The van der Waals surface area contributed by atoms with Crippen LogP contribution in [0.2, 0.25) is 0 Å². The number of aliphatic imine (C=N–C) groups is 1. The normalized spacial score (nSPS) is 16.2. The molecule has 0 spiro atoms. The van der Waals surface area contributed by atoms with Crippen LogP contribution in [0.3, 0.4) is 0 Å². The van der Waals surface area contributed by atoms with Gasteiger partial charge in [-0.2, -0.15) is 0 Å². The van der Waals surface area contributed by atoms with Crippen LogP contribution in [0.4, 0.5) is 5.69 Å². The number of nitrogens with zero attached hydrogens (tertiary/aromatic N) is 1. The summed E-state index contributed by atoms with van der Waals surface area (Å²) >= 11 is 0. The quantitative estimate of drug-likeness (QED) is 0.814. The Morgan fingerprint density at radius 1 is 1.04 bits per heavy atom. The van der Waals surface area contributed by atoms with Gasteiger partial charge in [0.05, 0.1) is 12.8 Å². The van der Waals surface area contributed by atoms with Crippen molar-refractivity contribution in [1.82, 2.24) is 0 Å². The van der Waals surface area contributed by atoms with Gasteiger partial charge in [-0.1, -0.05) is 30.3 Å². The van der Waals surface area contributed by atoms with Gasteiger partial charge in [0.15, 0.2) is 11.5 Å². The maximum absolute atomic E-state index is 11.6. The van der Waals surface area contributed by atoms with Gasteiger partial charge in [-0.3, -0.25) is 9.79 Å².